The van der Waals surface area contributed by atoms with Gasteiger partial charge in [0.25, 0.3) is 0 Å². The maximum absolute atomic E-state index is 15.0. The van der Waals surface area contributed by atoms with Crippen molar-refractivity contribution in [2.24, 2.45) is 0 Å². The number of hydrogen-bond acceptors (Lipinski definition) is 5. The van der Waals surface area contributed by atoms with Crippen molar-refractivity contribution in [2.75, 3.05) is 29.9 Å². The summed E-state index contributed by atoms with van der Waals surface area (Å²) < 4.78 is 27.9. The largest absolute Gasteiger partial charge is 0.367 e. The van der Waals surface area contributed by atoms with E-state index >= 15 is 0 Å². The Morgan fingerprint density at radius 3 is 2.58 bits per heavy atom. The van der Waals surface area contributed by atoms with Gasteiger partial charge in [0.05, 0.1) is 12.7 Å². The van der Waals surface area contributed by atoms with Gasteiger partial charge in [-0.3, -0.25) is 0 Å². The topological polar surface area (TPSA) is 53.9 Å². The molecule has 128 valence electrons. The van der Waals surface area contributed by atoms with Gasteiger partial charge in [0, 0.05) is 37.7 Å². The number of pyridine rings is 1. The van der Waals surface area contributed by atoms with Crippen LogP contribution in [0, 0.1) is 19.7 Å². The molecule has 2 aromatic heterocycles. The number of nitrogens with zero attached hydrogens (tertiary/aromatic N) is 4. The number of hydrogen-bond donors (Lipinski definition) is 1. The average Bonchev–Trinajstić information content (AvgIpc) is 2.54. The summed E-state index contributed by atoms with van der Waals surface area (Å²) in [5.74, 6) is 1.64. The predicted molar refractivity (Wildman–Crippen MR) is 89.5 cm³/mol. The summed E-state index contributed by atoms with van der Waals surface area (Å²) in [6.07, 6.45) is 1.97. The molecule has 0 spiro atoms. The van der Waals surface area contributed by atoms with Crippen LogP contribution in [-0.4, -0.2) is 40.3 Å². The van der Waals surface area contributed by atoms with E-state index in [0.717, 1.165) is 5.69 Å². The molecular formula is C17H21F2N5. The first-order chi connectivity index (χ1) is 11.4. The lowest BCUT2D eigenvalue weighted by molar-refractivity contribution is 0.140. The van der Waals surface area contributed by atoms with E-state index in [-0.39, 0.29) is 12.4 Å². The van der Waals surface area contributed by atoms with Crippen LogP contribution in [0.2, 0.25) is 0 Å². The number of aromatic nitrogens is 3. The molecule has 3 rings (SSSR count). The van der Waals surface area contributed by atoms with Crippen LogP contribution in [-0.2, 0) is 0 Å². The van der Waals surface area contributed by atoms with E-state index in [1.807, 2.05) is 24.8 Å². The number of aryl methyl sites for hydroxylation is 2. The lowest BCUT2D eigenvalue weighted by atomic mass is 9.93. The van der Waals surface area contributed by atoms with Crippen molar-refractivity contribution in [3.8, 4) is 0 Å². The van der Waals surface area contributed by atoms with Gasteiger partial charge in [-0.25, -0.2) is 23.7 Å². The van der Waals surface area contributed by atoms with Crippen LogP contribution >= 0.6 is 0 Å². The van der Waals surface area contributed by atoms with Gasteiger partial charge in [0.2, 0.25) is 0 Å². The van der Waals surface area contributed by atoms with Crippen LogP contribution in [0.5, 0.6) is 0 Å². The third-order valence-electron chi connectivity index (χ3n) is 4.25. The first-order valence-electron chi connectivity index (χ1n) is 8.05. The van der Waals surface area contributed by atoms with Crippen LogP contribution in [0.4, 0.5) is 20.4 Å². The highest BCUT2D eigenvalue weighted by atomic mass is 19.1. The second-order valence-corrected chi connectivity index (χ2v) is 6.27. The minimum Gasteiger partial charge on any atom is -0.367 e. The van der Waals surface area contributed by atoms with E-state index in [0.29, 0.717) is 43.4 Å². The van der Waals surface area contributed by atoms with Gasteiger partial charge >= 0.3 is 0 Å². The lowest BCUT2D eigenvalue weighted by Gasteiger charge is -2.37. The third-order valence-corrected chi connectivity index (χ3v) is 4.25. The van der Waals surface area contributed by atoms with Crippen molar-refractivity contribution in [1.29, 1.82) is 0 Å². The van der Waals surface area contributed by atoms with E-state index in [4.69, 9.17) is 0 Å². The fourth-order valence-corrected chi connectivity index (χ4v) is 2.92. The Morgan fingerprint density at radius 1 is 1.21 bits per heavy atom. The summed E-state index contributed by atoms with van der Waals surface area (Å²) >= 11 is 0. The fraction of sp³-hybridized carbons (Fsp3) is 0.471. The average molecular weight is 333 g/mol. The Bertz CT molecular complexity index is 676. The minimum atomic E-state index is -1.29. The minimum absolute atomic E-state index is 0.216. The van der Waals surface area contributed by atoms with Crippen molar-refractivity contribution in [3.05, 3.63) is 41.7 Å². The summed E-state index contributed by atoms with van der Waals surface area (Å²) in [6, 6.07) is 4.82. The molecule has 5 nitrogen and oxygen atoms in total. The zero-order valence-electron chi connectivity index (χ0n) is 13.9. The van der Waals surface area contributed by atoms with Gasteiger partial charge in [-0.05, 0) is 26.0 Å². The number of rotatable bonds is 4. The summed E-state index contributed by atoms with van der Waals surface area (Å²) in [5, 5.41) is 3.09. The molecule has 0 aromatic carbocycles. The zero-order valence-corrected chi connectivity index (χ0v) is 13.9. The molecule has 1 fully saturated rings. The Balaban J connectivity index is 1.57. The van der Waals surface area contributed by atoms with Gasteiger partial charge in [-0.1, -0.05) is 0 Å². The highest BCUT2D eigenvalue weighted by Crippen LogP contribution is 2.29. The van der Waals surface area contributed by atoms with Crippen molar-refractivity contribution in [1.82, 2.24) is 15.0 Å². The van der Waals surface area contributed by atoms with E-state index in [2.05, 4.69) is 20.3 Å². The molecular weight excluding hydrogens is 312 g/mol. The molecule has 0 atom stereocenters. The lowest BCUT2D eigenvalue weighted by Crippen LogP contribution is -2.45. The summed E-state index contributed by atoms with van der Waals surface area (Å²) in [6.45, 7) is 5.03. The standard InChI is InChI=1S/C17H21F2N5/c1-12-9-15(23-13(2)22-12)21-11-17(19)5-7-24(8-6-17)16-4-3-14(18)10-20-16/h3-4,9-10H,5-8,11H2,1-2H3,(H,21,22,23). The fourth-order valence-electron chi connectivity index (χ4n) is 2.92. The summed E-state index contributed by atoms with van der Waals surface area (Å²) in [5.41, 5.74) is -0.432. The monoisotopic (exact) mass is 333 g/mol. The van der Waals surface area contributed by atoms with Crippen molar-refractivity contribution < 1.29 is 8.78 Å². The van der Waals surface area contributed by atoms with Gasteiger partial charge in [0.1, 0.15) is 28.9 Å². The second kappa shape index (κ2) is 6.67. The van der Waals surface area contributed by atoms with Crippen LogP contribution < -0.4 is 10.2 Å². The number of alkyl halides is 1. The Kier molecular flexibility index (Phi) is 4.59. The molecule has 0 saturated carbocycles. The Morgan fingerprint density at radius 2 is 1.96 bits per heavy atom. The predicted octanol–water partition coefficient (Wildman–Crippen LogP) is 3.05. The number of halogens is 2. The first-order valence-corrected chi connectivity index (χ1v) is 8.05. The molecule has 0 bridgehead atoms. The first kappa shape index (κ1) is 16.5. The number of piperidine rings is 1. The molecule has 2 aromatic rings. The van der Waals surface area contributed by atoms with Crippen LogP contribution in [0.25, 0.3) is 0 Å². The molecule has 24 heavy (non-hydrogen) atoms. The van der Waals surface area contributed by atoms with E-state index in [9.17, 15) is 8.78 Å². The van der Waals surface area contributed by atoms with Gasteiger partial charge in [-0.15, -0.1) is 0 Å². The smallest absolute Gasteiger partial charge is 0.141 e. The Hall–Kier alpha value is -2.31. The van der Waals surface area contributed by atoms with E-state index in [1.54, 1.807) is 6.07 Å². The highest BCUT2D eigenvalue weighted by molar-refractivity contribution is 5.40. The highest BCUT2D eigenvalue weighted by Gasteiger charge is 2.34. The molecule has 0 radical (unpaired) electrons. The summed E-state index contributed by atoms with van der Waals surface area (Å²) in [4.78, 5) is 14.5. The molecule has 0 aliphatic carbocycles. The molecule has 1 aliphatic rings. The second-order valence-electron chi connectivity index (χ2n) is 6.27. The van der Waals surface area contributed by atoms with E-state index < -0.39 is 5.67 Å². The third kappa shape index (κ3) is 3.96. The molecule has 0 amide bonds. The normalized spacial score (nSPS) is 16.9. The number of nitrogens with one attached hydrogen (secondary N) is 1. The molecule has 7 heteroatoms. The molecule has 1 aliphatic heterocycles. The van der Waals surface area contributed by atoms with Crippen LogP contribution in [0.15, 0.2) is 24.4 Å². The van der Waals surface area contributed by atoms with Crippen LogP contribution in [0.1, 0.15) is 24.4 Å². The molecule has 1 N–H and O–H groups in total. The van der Waals surface area contributed by atoms with E-state index in [1.165, 1.54) is 12.3 Å². The number of anilines is 2. The quantitative estimate of drug-likeness (QED) is 0.932. The Labute approximate surface area is 140 Å². The van der Waals surface area contributed by atoms with Crippen molar-refractivity contribution in [3.63, 3.8) is 0 Å². The molecule has 1 saturated heterocycles. The van der Waals surface area contributed by atoms with Crippen molar-refractivity contribution >= 4 is 11.6 Å². The zero-order chi connectivity index (χ0) is 17.2. The van der Waals surface area contributed by atoms with Gasteiger partial charge in [-0.2, -0.15) is 0 Å². The van der Waals surface area contributed by atoms with Crippen molar-refractivity contribution in [2.45, 2.75) is 32.4 Å². The van der Waals surface area contributed by atoms with Gasteiger partial charge in [0.15, 0.2) is 0 Å². The molecule has 0 unspecified atom stereocenters. The maximum atomic E-state index is 15.0. The summed E-state index contributed by atoms with van der Waals surface area (Å²) in [7, 11) is 0. The maximum Gasteiger partial charge on any atom is 0.141 e. The SMILES string of the molecule is Cc1cc(NCC2(F)CCN(c3ccc(F)cn3)CC2)nc(C)n1. The van der Waals surface area contributed by atoms with Gasteiger partial charge < -0.3 is 10.2 Å². The molecule has 3 heterocycles. The van der Waals surface area contributed by atoms with Crippen LogP contribution in [0.3, 0.4) is 0 Å².